The van der Waals surface area contributed by atoms with Crippen molar-refractivity contribution in [1.29, 1.82) is 0 Å². The van der Waals surface area contributed by atoms with Crippen LogP contribution in [0.3, 0.4) is 0 Å². The molecule has 0 spiro atoms. The van der Waals surface area contributed by atoms with E-state index < -0.39 is 17.2 Å². The number of aromatic nitrogens is 3. The number of phenolic OH excluding ortho intramolecular Hbond substituents is 1. The molecular formula is C44H53F2N5O5. The maximum Gasteiger partial charge on any atom is 0.319 e. The van der Waals surface area contributed by atoms with Crippen LogP contribution in [-0.4, -0.2) is 94.8 Å². The van der Waals surface area contributed by atoms with Crippen LogP contribution in [0.2, 0.25) is 0 Å². The summed E-state index contributed by atoms with van der Waals surface area (Å²) in [7, 11) is 1.41. The van der Waals surface area contributed by atoms with Gasteiger partial charge in [0.25, 0.3) is 0 Å². The summed E-state index contributed by atoms with van der Waals surface area (Å²) >= 11 is 0. The molecule has 56 heavy (non-hydrogen) atoms. The van der Waals surface area contributed by atoms with Gasteiger partial charge < -0.3 is 29.3 Å². The number of halogens is 2. The number of hydrogen-bond acceptors (Lipinski definition) is 10. The maximum absolute atomic E-state index is 17.4. The van der Waals surface area contributed by atoms with Crippen molar-refractivity contribution >= 4 is 27.5 Å². The van der Waals surface area contributed by atoms with Gasteiger partial charge in [0.15, 0.2) is 5.82 Å². The summed E-state index contributed by atoms with van der Waals surface area (Å²) in [4.78, 5) is 18.8. The molecule has 2 aliphatic carbocycles. The van der Waals surface area contributed by atoms with Gasteiger partial charge in [-0.15, -0.1) is 6.42 Å². The van der Waals surface area contributed by atoms with Crippen LogP contribution >= 0.6 is 0 Å². The van der Waals surface area contributed by atoms with Gasteiger partial charge >= 0.3 is 6.01 Å². The normalized spacial score (nSPS) is 25.9. The van der Waals surface area contributed by atoms with Gasteiger partial charge in [-0.05, 0) is 99.8 Å². The van der Waals surface area contributed by atoms with Gasteiger partial charge in [-0.3, -0.25) is 4.90 Å². The minimum absolute atomic E-state index is 0.00128. The Morgan fingerprint density at radius 1 is 1.00 bits per heavy atom. The highest BCUT2D eigenvalue weighted by molar-refractivity contribution is 6.04. The fraction of sp³-hybridized carbons (Fsp3) is 0.568. The first-order chi connectivity index (χ1) is 26.8. The zero-order chi connectivity index (χ0) is 39.4. The second-order valence-electron chi connectivity index (χ2n) is 17.7. The van der Waals surface area contributed by atoms with Gasteiger partial charge in [0.2, 0.25) is 5.88 Å². The standard InChI is InChI=1S/C44H53F2N5O5/c1-6-30-32(45)11-10-28-21-29(52)22-31(34(28)30)37-36(46)38-35(40(47-37)54-5)39(51-19-20-55-25-43(4,53)24-51)49-41(48-38)56-26-44-14-7-9-33(44)50(18-8-15-44)23-27-12-16-42(2,3)17-13-27/h1,10-11,21-22,27,33,52-53H,7-9,12-20,23-26H2,2-5H3/t33-,43+,44-/m1/s1. The van der Waals surface area contributed by atoms with Crippen LogP contribution in [0.1, 0.15) is 84.1 Å². The fourth-order valence-electron chi connectivity index (χ4n) is 10.1. The van der Waals surface area contributed by atoms with Crippen LogP contribution < -0.4 is 14.4 Å². The van der Waals surface area contributed by atoms with Gasteiger partial charge in [0.05, 0.1) is 39.0 Å². The van der Waals surface area contributed by atoms with Gasteiger partial charge in [-0.2, -0.15) is 9.97 Å². The molecule has 2 aromatic carbocycles. The third-order valence-corrected chi connectivity index (χ3v) is 13.0. The van der Waals surface area contributed by atoms with E-state index in [-0.39, 0.29) is 75.1 Å². The number of nitrogens with zero attached hydrogens (tertiary/aromatic N) is 5. The summed E-state index contributed by atoms with van der Waals surface area (Å²) in [5.74, 6) is 1.70. The van der Waals surface area contributed by atoms with E-state index in [0.717, 1.165) is 45.2 Å². The molecule has 2 aromatic heterocycles. The summed E-state index contributed by atoms with van der Waals surface area (Å²) in [6, 6.07) is 5.82. The van der Waals surface area contributed by atoms with Crippen molar-refractivity contribution in [3.8, 4) is 41.2 Å². The highest BCUT2D eigenvalue weighted by Crippen LogP contribution is 2.49. The lowest BCUT2D eigenvalue weighted by Crippen LogP contribution is -2.53. The summed E-state index contributed by atoms with van der Waals surface area (Å²) in [6.07, 6.45) is 16.2. The molecule has 298 valence electrons. The highest BCUT2D eigenvalue weighted by Gasteiger charge is 2.49. The molecule has 8 rings (SSSR count). The molecule has 4 heterocycles. The van der Waals surface area contributed by atoms with Crippen LogP contribution in [0.4, 0.5) is 14.6 Å². The molecule has 0 bridgehead atoms. The Morgan fingerprint density at radius 2 is 1.79 bits per heavy atom. The van der Waals surface area contributed by atoms with Crippen LogP contribution in [0.15, 0.2) is 24.3 Å². The van der Waals surface area contributed by atoms with Crippen LogP contribution in [0.25, 0.3) is 32.9 Å². The third-order valence-electron chi connectivity index (χ3n) is 13.0. The van der Waals surface area contributed by atoms with Gasteiger partial charge in [0, 0.05) is 35.5 Å². The molecule has 0 unspecified atom stereocenters. The number of aromatic hydroxyl groups is 1. The van der Waals surface area contributed by atoms with Crippen molar-refractivity contribution in [2.24, 2.45) is 16.7 Å². The van der Waals surface area contributed by atoms with Crippen molar-refractivity contribution in [2.45, 2.75) is 90.2 Å². The molecule has 0 radical (unpaired) electrons. The predicted molar refractivity (Wildman–Crippen MR) is 212 cm³/mol. The average Bonchev–Trinajstić information content (AvgIpc) is 3.52. The number of likely N-dealkylation sites (tertiary alicyclic amines) is 1. The number of methoxy groups -OCH3 is 1. The summed E-state index contributed by atoms with van der Waals surface area (Å²) in [5, 5.41) is 22.8. The second kappa shape index (κ2) is 14.9. The molecule has 3 atom stereocenters. The van der Waals surface area contributed by atoms with Crippen molar-refractivity contribution in [2.75, 3.05) is 58.0 Å². The minimum Gasteiger partial charge on any atom is -0.508 e. The van der Waals surface area contributed by atoms with E-state index in [1.54, 1.807) is 6.92 Å². The molecule has 4 fully saturated rings. The van der Waals surface area contributed by atoms with Crippen LogP contribution in [0.5, 0.6) is 17.6 Å². The zero-order valence-corrected chi connectivity index (χ0v) is 33.0. The molecule has 2 saturated carbocycles. The number of anilines is 1. The van der Waals surface area contributed by atoms with Gasteiger partial charge in [-0.1, -0.05) is 32.3 Å². The first-order valence-corrected chi connectivity index (χ1v) is 20.1. The molecule has 2 saturated heterocycles. The van der Waals surface area contributed by atoms with E-state index >= 15 is 8.78 Å². The Kier molecular flexibility index (Phi) is 10.3. The quantitative estimate of drug-likeness (QED) is 0.174. The van der Waals surface area contributed by atoms with Crippen molar-refractivity contribution < 1.29 is 33.2 Å². The number of hydrogen-bond donors (Lipinski definition) is 2. The number of piperidine rings is 1. The van der Waals surface area contributed by atoms with Crippen LogP contribution in [-0.2, 0) is 4.74 Å². The third kappa shape index (κ3) is 7.22. The molecule has 12 heteroatoms. The zero-order valence-electron chi connectivity index (χ0n) is 33.0. The van der Waals surface area contributed by atoms with E-state index in [2.05, 4.69) is 29.7 Å². The predicted octanol–water partition coefficient (Wildman–Crippen LogP) is 7.64. The number of β-amino-alcohol motifs (C(OH)–C–C–N with tert-alkyl or cyclic N) is 1. The smallest absolute Gasteiger partial charge is 0.319 e. The number of phenols is 1. The van der Waals surface area contributed by atoms with Crippen molar-refractivity contribution in [3.05, 3.63) is 41.5 Å². The van der Waals surface area contributed by atoms with E-state index in [4.69, 9.17) is 30.6 Å². The lowest BCUT2D eigenvalue weighted by atomic mass is 9.72. The van der Waals surface area contributed by atoms with Gasteiger partial charge in [0.1, 0.15) is 39.6 Å². The number of rotatable bonds is 8. The first-order valence-electron chi connectivity index (χ1n) is 20.1. The Balaban J connectivity index is 1.22. The van der Waals surface area contributed by atoms with E-state index in [1.807, 2.05) is 4.90 Å². The fourth-order valence-corrected chi connectivity index (χ4v) is 10.1. The second-order valence-corrected chi connectivity index (χ2v) is 17.7. The Labute approximate surface area is 327 Å². The average molecular weight is 770 g/mol. The molecule has 2 aliphatic heterocycles. The topological polar surface area (TPSA) is 113 Å². The number of fused-ring (bicyclic) bond motifs is 3. The van der Waals surface area contributed by atoms with Crippen molar-refractivity contribution in [3.63, 3.8) is 0 Å². The minimum atomic E-state index is -1.24. The highest BCUT2D eigenvalue weighted by atomic mass is 19.1. The number of terminal acetylenes is 1. The lowest BCUT2D eigenvalue weighted by molar-refractivity contribution is -0.0130. The summed E-state index contributed by atoms with van der Waals surface area (Å²) in [5.41, 5.74) is -1.26. The summed E-state index contributed by atoms with van der Waals surface area (Å²) < 4.78 is 50.7. The molecule has 4 aliphatic rings. The SMILES string of the molecule is C#Cc1c(F)ccc2cc(O)cc(-c3nc(OC)c4c(N5CCOC[C@@](C)(O)C5)nc(OC[C@]56CCC[C@H]5N(CC5CCC(C)(C)CC5)CCC6)nc4c3F)c12. The molecule has 2 N–H and O–H groups in total. The lowest BCUT2D eigenvalue weighted by Gasteiger charge is -2.48. The number of aliphatic hydroxyl groups is 1. The molecular weight excluding hydrogens is 717 g/mol. The van der Waals surface area contributed by atoms with Crippen LogP contribution in [0, 0.1) is 40.7 Å². The van der Waals surface area contributed by atoms with E-state index in [9.17, 15) is 10.2 Å². The monoisotopic (exact) mass is 769 g/mol. The van der Waals surface area contributed by atoms with E-state index in [1.165, 1.54) is 57.1 Å². The number of ether oxygens (including phenoxy) is 3. The molecule has 10 nitrogen and oxygen atoms in total. The molecule has 0 amide bonds. The largest absolute Gasteiger partial charge is 0.508 e. The molecule has 4 aromatic rings. The Morgan fingerprint density at radius 3 is 2.55 bits per heavy atom. The maximum atomic E-state index is 17.4. The van der Waals surface area contributed by atoms with Crippen molar-refractivity contribution in [1.82, 2.24) is 19.9 Å². The Hall–Kier alpha value is -4.31. The van der Waals surface area contributed by atoms with Gasteiger partial charge in [-0.25, -0.2) is 13.8 Å². The van der Waals surface area contributed by atoms with E-state index in [0.29, 0.717) is 42.5 Å². The Bertz CT molecular complexity index is 2180. The number of benzene rings is 2. The number of pyridine rings is 1. The summed E-state index contributed by atoms with van der Waals surface area (Å²) in [6.45, 7) is 9.93. The first kappa shape index (κ1) is 38.6.